The zero-order chi connectivity index (χ0) is 21.8. The van der Waals surface area contributed by atoms with Gasteiger partial charge in [0.25, 0.3) is 0 Å². The highest BCUT2D eigenvalue weighted by Crippen LogP contribution is 2.35. The van der Waals surface area contributed by atoms with Crippen LogP contribution in [0.5, 0.6) is 17.2 Å². The number of nitrogens with one attached hydrogen (secondary N) is 1. The van der Waals surface area contributed by atoms with Crippen molar-refractivity contribution in [1.29, 1.82) is 0 Å². The molecule has 0 bridgehead atoms. The van der Waals surface area contributed by atoms with Crippen LogP contribution in [0.3, 0.4) is 0 Å². The molecule has 0 atom stereocenters. The first-order valence-corrected chi connectivity index (χ1v) is 9.87. The van der Waals surface area contributed by atoms with Crippen molar-refractivity contribution in [2.75, 3.05) is 51.5 Å². The van der Waals surface area contributed by atoms with E-state index in [-0.39, 0.29) is 17.5 Å². The summed E-state index contributed by atoms with van der Waals surface area (Å²) >= 11 is 0. The predicted octanol–water partition coefficient (Wildman–Crippen LogP) is 3.32. The Morgan fingerprint density at radius 1 is 1.10 bits per heavy atom. The summed E-state index contributed by atoms with van der Waals surface area (Å²) in [7, 11) is 3.97. The number of ether oxygens (including phenoxy) is 3. The van der Waals surface area contributed by atoms with Crippen LogP contribution in [0, 0.1) is 5.82 Å². The van der Waals surface area contributed by atoms with Crippen LogP contribution in [0.2, 0.25) is 0 Å². The number of hydrogen-bond donors (Lipinski definition) is 2. The highest BCUT2D eigenvalue weighted by atomic mass is 19.1. The molecule has 1 aliphatic rings. The average Bonchev–Trinajstić information content (AvgIpc) is 2.76. The third-order valence-corrected chi connectivity index (χ3v) is 4.59. The minimum atomic E-state index is -0.692. The Morgan fingerprint density at radius 2 is 1.90 bits per heavy atom. The van der Waals surface area contributed by atoms with Gasteiger partial charge in [-0.3, -0.25) is 0 Å². The van der Waals surface area contributed by atoms with Crippen molar-refractivity contribution in [3.8, 4) is 28.5 Å². The van der Waals surface area contributed by atoms with Gasteiger partial charge >= 0.3 is 0 Å². The SMILES string of the molecule is CN(C)CCOc1cccc(Nc2nc(N)c(F)c(-c3ccc4c(c3)OCCO4)n2)c1. The number of rotatable bonds is 7. The van der Waals surface area contributed by atoms with E-state index in [0.717, 1.165) is 6.54 Å². The zero-order valence-electron chi connectivity index (χ0n) is 17.4. The van der Waals surface area contributed by atoms with E-state index in [2.05, 4.69) is 15.3 Å². The van der Waals surface area contributed by atoms with E-state index in [1.165, 1.54) is 0 Å². The number of likely N-dealkylation sites (N-methyl/N-ethyl adjacent to an activating group) is 1. The molecule has 162 valence electrons. The van der Waals surface area contributed by atoms with Crippen LogP contribution in [0.25, 0.3) is 11.3 Å². The molecule has 0 saturated carbocycles. The Hall–Kier alpha value is -3.59. The Kier molecular flexibility index (Phi) is 6.03. The van der Waals surface area contributed by atoms with Gasteiger partial charge in [0.2, 0.25) is 5.95 Å². The van der Waals surface area contributed by atoms with Gasteiger partial charge in [0.15, 0.2) is 23.1 Å². The van der Waals surface area contributed by atoms with Crippen molar-refractivity contribution in [3.05, 3.63) is 48.3 Å². The topological polar surface area (TPSA) is 94.8 Å². The maximum atomic E-state index is 14.7. The van der Waals surface area contributed by atoms with Crippen molar-refractivity contribution in [3.63, 3.8) is 0 Å². The molecule has 0 unspecified atom stereocenters. The Bertz CT molecular complexity index is 1080. The normalized spacial score (nSPS) is 12.6. The number of nitrogen functional groups attached to an aromatic ring is 1. The number of hydrogen-bond acceptors (Lipinski definition) is 8. The summed E-state index contributed by atoms with van der Waals surface area (Å²) in [6.07, 6.45) is 0. The zero-order valence-corrected chi connectivity index (χ0v) is 17.4. The lowest BCUT2D eigenvalue weighted by atomic mass is 10.1. The second-order valence-corrected chi connectivity index (χ2v) is 7.26. The summed E-state index contributed by atoms with van der Waals surface area (Å²) in [5.41, 5.74) is 7.11. The highest BCUT2D eigenvalue weighted by Gasteiger charge is 2.18. The summed E-state index contributed by atoms with van der Waals surface area (Å²) in [5.74, 6) is 1.09. The molecule has 3 aromatic rings. The lowest BCUT2D eigenvalue weighted by Crippen LogP contribution is -2.19. The van der Waals surface area contributed by atoms with Gasteiger partial charge in [-0.15, -0.1) is 0 Å². The molecule has 1 aromatic heterocycles. The number of benzene rings is 2. The van der Waals surface area contributed by atoms with Gasteiger partial charge in [0.1, 0.15) is 31.3 Å². The van der Waals surface area contributed by atoms with Crippen LogP contribution in [0.1, 0.15) is 0 Å². The summed E-state index contributed by atoms with van der Waals surface area (Å²) < 4.78 is 31.6. The van der Waals surface area contributed by atoms with Gasteiger partial charge < -0.3 is 30.2 Å². The van der Waals surface area contributed by atoms with Gasteiger partial charge in [-0.25, -0.2) is 9.37 Å². The third kappa shape index (κ3) is 4.95. The fourth-order valence-electron chi connectivity index (χ4n) is 3.04. The van der Waals surface area contributed by atoms with Crippen LogP contribution in [-0.2, 0) is 0 Å². The lowest BCUT2D eigenvalue weighted by Gasteiger charge is -2.19. The quantitative estimate of drug-likeness (QED) is 0.595. The summed E-state index contributed by atoms with van der Waals surface area (Å²) in [6.45, 7) is 2.27. The summed E-state index contributed by atoms with van der Waals surface area (Å²) in [4.78, 5) is 10.4. The Balaban J connectivity index is 1.57. The van der Waals surface area contributed by atoms with Crippen LogP contribution >= 0.6 is 0 Å². The van der Waals surface area contributed by atoms with Gasteiger partial charge in [0.05, 0.1) is 0 Å². The molecule has 0 fully saturated rings. The molecule has 1 aliphatic heterocycles. The maximum Gasteiger partial charge on any atom is 0.229 e. The van der Waals surface area contributed by atoms with E-state index in [4.69, 9.17) is 19.9 Å². The van der Waals surface area contributed by atoms with Gasteiger partial charge in [-0.2, -0.15) is 4.98 Å². The molecule has 4 rings (SSSR count). The molecule has 0 spiro atoms. The molecule has 9 heteroatoms. The molecule has 2 heterocycles. The molecule has 31 heavy (non-hydrogen) atoms. The minimum absolute atomic E-state index is 0.0744. The molecule has 0 aliphatic carbocycles. The molecular formula is C22H24FN5O3. The number of anilines is 3. The fraction of sp³-hybridized carbons (Fsp3) is 0.273. The number of nitrogens with two attached hydrogens (primary N) is 1. The number of aromatic nitrogens is 2. The predicted molar refractivity (Wildman–Crippen MR) is 117 cm³/mol. The van der Waals surface area contributed by atoms with E-state index in [9.17, 15) is 4.39 Å². The number of nitrogens with zero attached hydrogens (tertiary/aromatic N) is 3. The molecule has 8 nitrogen and oxygen atoms in total. The molecule has 3 N–H and O–H groups in total. The molecular weight excluding hydrogens is 401 g/mol. The molecule has 0 radical (unpaired) electrons. The Labute approximate surface area is 179 Å². The van der Waals surface area contributed by atoms with Crippen molar-refractivity contribution in [1.82, 2.24) is 14.9 Å². The van der Waals surface area contributed by atoms with Crippen molar-refractivity contribution >= 4 is 17.5 Å². The van der Waals surface area contributed by atoms with Crippen LogP contribution in [-0.4, -0.2) is 55.3 Å². The smallest absolute Gasteiger partial charge is 0.229 e. The average molecular weight is 425 g/mol. The first-order chi connectivity index (χ1) is 15.0. The second kappa shape index (κ2) is 9.05. The van der Waals surface area contributed by atoms with Gasteiger partial charge in [-0.05, 0) is 44.4 Å². The monoisotopic (exact) mass is 425 g/mol. The van der Waals surface area contributed by atoms with Gasteiger partial charge in [0, 0.05) is 23.9 Å². The number of halogens is 1. The standard InChI is InChI=1S/C22H24FN5O3/c1-28(2)8-9-29-16-5-3-4-15(13-16)25-22-26-20(19(23)21(24)27-22)14-6-7-17-18(12-14)31-11-10-30-17/h3-7,12-13H,8-11H2,1-2H3,(H3,24,25,26,27). The van der Waals surface area contributed by atoms with Crippen LogP contribution < -0.4 is 25.3 Å². The van der Waals surface area contributed by atoms with E-state index in [1.54, 1.807) is 18.2 Å². The first-order valence-electron chi connectivity index (χ1n) is 9.87. The number of fused-ring (bicyclic) bond motifs is 1. The largest absolute Gasteiger partial charge is 0.492 e. The van der Waals surface area contributed by atoms with Crippen molar-refractivity contribution in [2.24, 2.45) is 0 Å². The molecule has 0 saturated heterocycles. The summed E-state index contributed by atoms with van der Waals surface area (Å²) in [5, 5.41) is 3.07. The lowest BCUT2D eigenvalue weighted by molar-refractivity contribution is 0.171. The highest BCUT2D eigenvalue weighted by molar-refractivity contribution is 5.69. The first kappa shape index (κ1) is 20.7. The maximum absolute atomic E-state index is 14.7. The van der Waals surface area contributed by atoms with E-state index in [1.807, 2.05) is 43.3 Å². The van der Waals surface area contributed by atoms with E-state index in [0.29, 0.717) is 48.3 Å². The van der Waals surface area contributed by atoms with Crippen molar-refractivity contribution < 1.29 is 18.6 Å². The van der Waals surface area contributed by atoms with E-state index >= 15 is 0 Å². The molecule has 0 amide bonds. The fourth-order valence-corrected chi connectivity index (χ4v) is 3.04. The summed E-state index contributed by atoms with van der Waals surface area (Å²) in [6, 6.07) is 12.5. The second-order valence-electron chi connectivity index (χ2n) is 7.26. The van der Waals surface area contributed by atoms with Crippen LogP contribution in [0.4, 0.5) is 21.8 Å². The molecule has 2 aromatic carbocycles. The van der Waals surface area contributed by atoms with E-state index < -0.39 is 5.82 Å². The minimum Gasteiger partial charge on any atom is -0.492 e. The van der Waals surface area contributed by atoms with Crippen molar-refractivity contribution in [2.45, 2.75) is 0 Å². The third-order valence-electron chi connectivity index (χ3n) is 4.59. The van der Waals surface area contributed by atoms with Crippen LogP contribution in [0.15, 0.2) is 42.5 Å². The Morgan fingerprint density at radius 3 is 2.71 bits per heavy atom. The van der Waals surface area contributed by atoms with Gasteiger partial charge in [-0.1, -0.05) is 6.07 Å².